The quantitative estimate of drug-likeness (QED) is 0.431. The minimum atomic E-state index is -4.24. The summed E-state index contributed by atoms with van der Waals surface area (Å²) in [6.07, 6.45) is -0.805. The third-order valence-corrected chi connectivity index (χ3v) is 7.58. The van der Waals surface area contributed by atoms with Gasteiger partial charge in [-0.2, -0.15) is 4.31 Å². The van der Waals surface area contributed by atoms with Gasteiger partial charge < -0.3 is 25.0 Å². The lowest BCUT2D eigenvalue weighted by Gasteiger charge is -2.35. The Morgan fingerprint density at radius 2 is 1.71 bits per heavy atom. The Kier molecular flexibility index (Phi) is 7.97. The number of carboxylic acids is 2. The summed E-state index contributed by atoms with van der Waals surface area (Å²) >= 11 is 0. The molecule has 0 unspecified atom stereocenters. The molecule has 0 radical (unpaired) electrons. The molecule has 1 aliphatic rings. The number of hydrogen-bond acceptors (Lipinski definition) is 7. The van der Waals surface area contributed by atoms with Crippen molar-refractivity contribution in [3.8, 4) is 11.5 Å². The molecule has 0 saturated heterocycles. The Morgan fingerprint density at radius 3 is 2.31 bits per heavy atom. The summed E-state index contributed by atoms with van der Waals surface area (Å²) in [5, 5.41) is 20.6. The van der Waals surface area contributed by atoms with Gasteiger partial charge in [0.2, 0.25) is 15.9 Å². The van der Waals surface area contributed by atoms with Gasteiger partial charge in [0.25, 0.3) is 0 Å². The molecular formula is C23H26N2O9S. The highest BCUT2D eigenvalue weighted by Crippen LogP contribution is 2.34. The number of carbonyl (C=O) groups is 3. The lowest BCUT2D eigenvalue weighted by atomic mass is 9.95. The van der Waals surface area contributed by atoms with Gasteiger partial charge >= 0.3 is 11.9 Å². The lowest BCUT2D eigenvalue weighted by Crippen LogP contribution is -2.55. The zero-order valence-electron chi connectivity index (χ0n) is 19.1. The molecule has 3 rings (SSSR count). The first-order valence-electron chi connectivity index (χ1n) is 10.6. The number of benzene rings is 2. The molecule has 0 bridgehead atoms. The molecule has 35 heavy (non-hydrogen) atoms. The van der Waals surface area contributed by atoms with E-state index < -0.39 is 46.4 Å². The number of ether oxygens (including phenoxy) is 2. The van der Waals surface area contributed by atoms with Gasteiger partial charge in [-0.05, 0) is 36.1 Å². The Morgan fingerprint density at radius 1 is 1.06 bits per heavy atom. The predicted molar refractivity (Wildman–Crippen MR) is 123 cm³/mol. The van der Waals surface area contributed by atoms with E-state index in [0.29, 0.717) is 11.3 Å². The van der Waals surface area contributed by atoms with Crippen molar-refractivity contribution >= 4 is 27.9 Å². The van der Waals surface area contributed by atoms with Gasteiger partial charge in [-0.25, -0.2) is 13.2 Å². The number of carboxylic acid groups (broad SMARTS) is 2. The van der Waals surface area contributed by atoms with Crippen molar-refractivity contribution in [1.29, 1.82) is 0 Å². The van der Waals surface area contributed by atoms with Gasteiger partial charge in [-0.15, -0.1) is 0 Å². The summed E-state index contributed by atoms with van der Waals surface area (Å²) in [6, 6.07) is 8.37. The molecule has 0 aromatic heterocycles. The predicted octanol–water partition coefficient (Wildman–Crippen LogP) is 1.25. The highest BCUT2D eigenvalue weighted by Gasteiger charge is 2.41. The van der Waals surface area contributed by atoms with Gasteiger partial charge in [0.05, 0.1) is 19.1 Å². The van der Waals surface area contributed by atoms with Crippen LogP contribution in [0.2, 0.25) is 0 Å². The first-order chi connectivity index (χ1) is 16.6. The van der Waals surface area contributed by atoms with Crippen molar-refractivity contribution in [3.05, 3.63) is 53.6 Å². The second-order valence-electron chi connectivity index (χ2n) is 7.89. The molecule has 1 amide bonds. The maximum absolute atomic E-state index is 13.7. The summed E-state index contributed by atoms with van der Waals surface area (Å²) < 4.78 is 38.7. The van der Waals surface area contributed by atoms with E-state index in [-0.39, 0.29) is 30.0 Å². The second kappa shape index (κ2) is 10.7. The molecule has 0 saturated carbocycles. The Labute approximate surface area is 202 Å². The van der Waals surface area contributed by atoms with E-state index in [9.17, 15) is 27.9 Å². The van der Waals surface area contributed by atoms with E-state index in [0.717, 1.165) is 9.87 Å². The number of nitrogens with zero attached hydrogens (tertiary/aromatic N) is 1. The summed E-state index contributed by atoms with van der Waals surface area (Å²) in [4.78, 5) is 35.5. The second-order valence-corrected chi connectivity index (χ2v) is 9.78. The fourth-order valence-electron chi connectivity index (χ4n) is 3.88. The summed E-state index contributed by atoms with van der Waals surface area (Å²) in [5.74, 6) is -2.94. The SMILES string of the molecule is COc1ccc(S(=O)(=O)N2Cc3ccccc3C[C@H]2C(=O)N[C@@H](CCC(=O)O)C(=O)O)cc1OC. The minimum Gasteiger partial charge on any atom is -0.493 e. The molecule has 0 aliphatic carbocycles. The van der Waals surface area contributed by atoms with Gasteiger partial charge in [0.15, 0.2) is 11.5 Å². The number of rotatable bonds is 10. The van der Waals surface area contributed by atoms with Crippen LogP contribution in [0.3, 0.4) is 0 Å². The molecule has 1 aliphatic heterocycles. The average Bonchev–Trinajstić information content (AvgIpc) is 2.84. The number of hydrogen-bond donors (Lipinski definition) is 3. The van der Waals surface area contributed by atoms with Crippen molar-refractivity contribution in [1.82, 2.24) is 9.62 Å². The van der Waals surface area contributed by atoms with Crippen LogP contribution in [0, 0.1) is 0 Å². The highest BCUT2D eigenvalue weighted by molar-refractivity contribution is 7.89. The maximum atomic E-state index is 13.7. The van der Waals surface area contributed by atoms with Crippen molar-refractivity contribution in [2.24, 2.45) is 0 Å². The van der Waals surface area contributed by atoms with Crippen LogP contribution >= 0.6 is 0 Å². The van der Waals surface area contributed by atoms with E-state index in [4.69, 9.17) is 14.6 Å². The molecule has 0 fully saturated rings. The van der Waals surface area contributed by atoms with Crippen molar-refractivity contribution < 1.29 is 42.5 Å². The number of sulfonamides is 1. The molecule has 12 heteroatoms. The molecule has 11 nitrogen and oxygen atoms in total. The molecule has 3 N–H and O–H groups in total. The van der Waals surface area contributed by atoms with Gasteiger partial charge in [-0.1, -0.05) is 24.3 Å². The molecular weight excluding hydrogens is 480 g/mol. The van der Waals surface area contributed by atoms with E-state index in [1.807, 2.05) is 0 Å². The van der Waals surface area contributed by atoms with Crippen LogP contribution in [-0.4, -0.2) is 67.1 Å². The first kappa shape index (κ1) is 26.0. The van der Waals surface area contributed by atoms with Crippen LogP contribution < -0.4 is 14.8 Å². The number of nitrogens with one attached hydrogen (secondary N) is 1. The minimum absolute atomic E-state index is 0.0137. The van der Waals surface area contributed by atoms with E-state index in [2.05, 4.69) is 5.32 Å². The van der Waals surface area contributed by atoms with E-state index >= 15 is 0 Å². The Hall–Kier alpha value is -3.64. The fourth-order valence-corrected chi connectivity index (χ4v) is 5.46. The number of fused-ring (bicyclic) bond motifs is 1. The zero-order chi connectivity index (χ0) is 25.8. The van der Waals surface area contributed by atoms with Gasteiger partial charge in [0.1, 0.15) is 12.1 Å². The summed E-state index contributed by atoms with van der Waals surface area (Å²) in [7, 11) is -1.46. The molecule has 2 aromatic carbocycles. The number of methoxy groups -OCH3 is 2. The molecule has 188 valence electrons. The number of aliphatic carboxylic acids is 2. The van der Waals surface area contributed by atoms with Crippen molar-refractivity contribution in [2.75, 3.05) is 14.2 Å². The van der Waals surface area contributed by atoms with E-state index in [1.165, 1.54) is 32.4 Å². The largest absolute Gasteiger partial charge is 0.493 e. The topological polar surface area (TPSA) is 160 Å². The fraction of sp³-hybridized carbons (Fsp3) is 0.348. The van der Waals surface area contributed by atoms with E-state index in [1.54, 1.807) is 24.3 Å². The third-order valence-electron chi connectivity index (χ3n) is 5.73. The lowest BCUT2D eigenvalue weighted by molar-refractivity contribution is -0.143. The van der Waals surface area contributed by atoms with Crippen molar-refractivity contribution in [2.45, 2.75) is 42.8 Å². The molecule has 2 aromatic rings. The Balaban J connectivity index is 1.99. The van der Waals surface area contributed by atoms with Crippen LogP contribution in [0.15, 0.2) is 47.4 Å². The molecule has 1 heterocycles. The Bertz CT molecular complexity index is 1230. The monoisotopic (exact) mass is 506 g/mol. The normalized spacial score (nSPS) is 16.6. The number of amides is 1. The van der Waals surface area contributed by atoms with Gasteiger partial charge in [-0.3, -0.25) is 9.59 Å². The smallest absolute Gasteiger partial charge is 0.326 e. The zero-order valence-corrected chi connectivity index (χ0v) is 19.9. The summed E-state index contributed by atoms with van der Waals surface area (Å²) in [5.41, 5.74) is 1.46. The average molecular weight is 507 g/mol. The summed E-state index contributed by atoms with van der Waals surface area (Å²) in [6.45, 7) is -0.113. The number of carbonyl (C=O) groups excluding carboxylic acids is 1. The standard InChI is InChI=1S/C23H26N2O9S/c1-33-19-9-7-16(12-20(19)34-2)35(31,32)25-13-15-6-4-3-5-14(15)11-18(25)22(28)24-17(23(29)30)8-10-21(26)27/h3-7,9,12,17-18H,8,10-11,13H2,1-2H3,(H,24,28)(H,26,27)(H,29,30)/t17-,18-/m0/s1. The molecule has 0 spiro atoms. The van der Waals surface area contributed by atoms with Crippen LogP contribution in [-0.2, 0) is 37.4 Å². The maximum Gasteiger partial charge on any atom is 0.326 e. The first-order valence-corrected chi connectivity index (χ1v) is 12.1. The van der Waals surface area contributed by atoms with Crippen molar-refractivity contribution in [3.63, 3.8) is 0 Å². The highest BCUT2D eigenvalue weighted by atomic mass is 32.2. The van der Waals surface area contributed by atoms with Crippen LogP contribution in [0.4, 0.5) is 0 Å². The third kappa shape index (κ3) is 5.72. The molecule has 2 atom stereocenters. The van der Waals surface area contributed by atoms with Gasteiger partial charge in [0, 0.05) is 19.0 Å². The van der Waals surface area contributed by atoms with Crippen LogP contribution in [0.1, 0.15) is 24.0 Å². The van der Waals surface area contributed by atoms with Crippen LogP contribution in [0.25, 0.3) is 0 Å². The van der Waals surface area contributed by atoms with Crippen LogP contribution in [0.5, 0.6) is 11.5 Å².